The number of carbonyl (C=O) groups excluding carboxylic acids is 1. The maximum absolute atomic E-state index is 11.4. The van der Waals surface area contributed by atoms with E-state index in [1.165, 1.54) is 6.92 Å². The molecule has 2 rings (SSSR count). The van der Waals surface area contributed by atoms with E-state index in [9.17, 15) is 4.79 Å². The summed E-state index contributed by atoms with van der Waals surface area (Å²) in [6.45, 7) is 7.47. The van der Waals surface area contributed by atoms with Crippen LogP contribution in [0.2, 0.25) is 0 Å². The molecule has 1 unspecified atom stereocenters. The molecule has 0 saturated heterocycles. The van der Waals surface area contributed by atoms with Crippen LogP contribution >= 0.6 is 0 Å². The van der Waals surface area contributed by atoms with Gasteiger partial charge in [0.05, 0.1) is 0 Å². The van der Waals surface area contributed by atoms with Crippen molar-refractivity contribution >= 4 is 5.97 Å². The van der Waals surface area contributed by atoms with Crippen molar-refractivity contribution in [3.63, 3.8) is 0 Å². The van der Waals surface area contributed by atoms with Crippen LogP contribution in [0.3, 0.4) is 0 Å². The van der Waals surface area contributed by atoms with Gasteiger partial charge in [-0.3, -0.25) is 4.79 Å². The van der Waals surface area contributed by atoms with Gasteiger partial charge in [0, 0.05) is 18.1 Å². The molecule has 0 N–H and O–H groups in total. The lowest BCUT2D eigenvalue weighted by molar-refractivity contribution is -0.145. The van der Waals surface area contributed by atoms with Gasteiger partial charge in [0.2, 0.25) is 6.79 Å². The summed E-state index contributed by atoms with van der Waals surface area (Å²) in [4.78, 5) is 11.4. The molecule has 1 atom stereocenters. The van der Waals surface area contributed by atoms with Crippen molar-refractivity contribution in [2.24, 2.45) is 0 Å². The lowest BCUT2D eigenvalue weighted by atomic mass is 9.97. The zero-order chi connectivity index (χ0) is 15.2. The molecule has 1 aliphatic rings. The normalized spacial score (nSPS) is 13.4. The molecular weight excluding hydrogens is 268 g/mol. The third-order valence-electron chi connectivity index (χ3n) is 3.33. The van der Waals surface area contributed by atoms with E-state index in [2.05, 4.69) is 19.2 Å². The topological polar surface area (TPSA) is 44.8 Å². The molecule has 0 amide bonds. The van der Waals surface area contributed by atoms with Crippen LogP contribution in [0.25, 0.3) is 0 Å². The van der Waals surface area contributed by atoms with Gasteiger partial charge in [0.15, 0.2) is 17.6 Å². The van der Waals surface area contributed by atoms with E-state index in [1.807, 2.05) is 18.2 Å². The molecule has 1 aromatic rings. The van der Waals surface area contributed by atoms with Crippen LogP contribution < -0.4 is 9.47 Å². The van der Waals surface area contributed by atoms with E-state index >= 15 is 0 Å². The van der Waals surface area contributed by atoms with Crippen LogP contribution in [0.5, 0.6) is 11.5 Å². The molecule has 0 fully saturated rings. The van der Waals surface area contributed by atoms with E-state index in [1.54, 1.807) is 0 Å². The zero-order valence-electron chi connectivity index (χ0n) is 12.5. The molecule has 0 aromatic heterocycles. The van der Waals surface area contributed by atoms with Crippen molar-refractivity contribution in [2.45, 2.75) is 39.2 Å². The van der Waals surface area contributed by atoms with E-state index in [0.29, 0.717) is 11.5 Å². The Bertz CT molecular complexity index is 570. The number of carbonyl (C=O) groups is 1. The molecule has 1 heterocycles. The Morgan fingerprint density at radius 2 is 2.19 bits per heavy atom. The second-order valence-electron chi connectivity index (χ2n) is 4.91. The lowest BCUT2D eigenvalue weighted by Crippen LogP contribution is -2.11. The number of esters is 1. The highest BCUT2D eigenvalue weighted by Crippen LogP contribution is 2.37. The highest BCUT2D eigenvalue weighted by Gasteiger charge is 2.23. The van der Waals surface area contributed by atoms with Gasteiger partial charge < -0.3 is 14.2 Å². The van der Waals surface area contributed by atoms with Crippen molar-refractivity contribution in [1.29, 1.82) is 0 Å². The molecule has 0 saturated carbocycles. The molecule has 112 valence electrons. The first-order valence-electron chi connectivity index (χ1n) is 7.11. The maximum Gasteiger partial charge on any atom is 0.303 e. The number of unbranched alkanes of at least 4 members (excludes halogenated alkanes) is 1. The van der Waals surface area contributed by atoms with Gasteiger partial charge in [-0.2, -0.15) is 0 Å². The van der Waals surface area contributed by atoms with Crippen LogP contribution in [-0.2, 0) is 9.53 Å². The summed E-state index contributed by atoms with van der Waals surface area (Å²) in [5.74, 6) is 1.04. The summed E-state index contributed by atoms with van der Waals surface area (Å²) in [6.07, 6.45) is 2.38. The standard InChI is InChI=1S/C17H20O4/c1-4-6-7-13(5-2)17(21-12(3)18)14-8-9-15-16(10-14)20-11-19-15/h8-10,17H,2,4,6-7,11H2,1,3H3. The van der Waals surface area contributed by atoms with Crippen molar-refractivity contribution in [3.8, 4) is 11.5 Å². The second kappa shape index (κ2) is 7.00. The highest BCUT2D eigenvalue weighted by molar-refractivity contribution is 5.67. The van der Waals surface area contributed by atoms with Crippen LogP contribution in [0.15, 0.2) is 36.1 Å². The fourth-order valence-corrected chi connectivity index (χ4v) is 2.26. The van der Waals surface area contributed by atoms with Crippen molar-refractivity contribution in [2.75, 3.05) is 6.79 Å². The fourth-order valence-electron chi connectivity index (χ4n) is 2.26. The van der Waals surface area contributed by atoms with Gasteiger partial charge in [-0.05, 0) is 25.0 Å². The van der Waals surface area contributed by atoms with Gasteiger partial charge in [-0.15, -0.1) is 5.73 Å². The fraction of sp³-hybridized carbons (Fsp3) is 0.412. The van der Waals surface area contributed by atoms with Crippen LogP contribution in [0.1, 0.15) is 44.8 Å². The molecule has 0 radical (unpaired) electrons. The number of ether oxygens (including phenoxy) is 3. The smallest absolute Gasteiger partial charge is 0.303 e. The van der Waals surface area contributed by atoms with Gasteiger partial charge >= 0.3 is 5.97 Å². The summed E-state index contributed by atoms with van der Waals surface area (Å²) in [6, 6.07) is 5.55. The van der Waals surface area contributed by atoms with Gasteiger partial charge in [0.25, 0.3) is 0 Å². The minimum atomic E-state index is -0.471. The summed E-state index contributed by atoms with van der Waals surface area (Å²) >= 11 is 0. The molecule has 1 aromatic carbocycles. The number of benzene rings is 1. The molecule has 4 nitrogen and oxygen atoms in total. The number of hydrogen-bond acceptors (Lipinski definition) is 4. The summed E-state index contributed by atoms with van der Waals surface area (Å²) in [5, 5.41) is 0. The van der Waals surface area contributed by atoms with E-state index < -0.39 is 6.10 Å². The van der Waals surface area contributed by atoms with E-state index in [4.69, 9.17) is 14.2 Å². The van der Waals surface area contributed by atoms with Crippen LogP contribution in [0, 0.1) is 0 Å². The first-order chi connectivity index (χ1) is 10.2. The van der Waals surface area contributed by atoms with Gasteiger partial charge in [0.1, 0.15) is 0 Å². The maximum atomic E-state index is 11.4. The number of fused-ring (bicyclic) bond motifs is 1. The van der Waals surface area contributed by atoms with Crippen molar-refractivity contribution in [1.82, 2.24) is 0 Å². The third kappa shape index (κ3) is 3.67. The van der Waals surface area contributed by atoms with E-state index in [0.717, 1.165) is 30.4 Å². The molecule has 4 heteroatoms. The SMILES string of the molecule is C=C=C(CCCC)C(OC(C)=O)c1ccc2c(c1)OCO2. The average molecular weight is 288 g/mol. The molecular formula is C17H20O4. The van der Waals surface area contributed by atoms with Crippen LogP contribution in [-0.4, -0.2) is 12.8 Å². The first-order valence-corrected chi connectivity index (χ1v) is 7.11. The Morgan fingerprint density at radius 1 is 1.43 bits per heavy atom. The Hall–Kier alpha value is -2.19. The summed E-state index contributed by atoms with van der Waals surface area (Å²) in [5.41, 5.74) is 4.65. The minimum Gasteiger partial charge on any atom is -0.454 e. The van der Waals surface area contributed by atoms with Crippen molar-refractivity contribution < 1.29 is 19.0 Å². The second-order valence-corrected chi connectivity index (χ2v) is 4.91. The number of hydrogen-bond donors (Lipinski definition) is 0. The Morgan fingerprint density at radius 3 is 2.86 bits per heavy atom. The van der Waals surface area contributed by atoms with Gasteiger partial charge in [-0.1, -0.05) is 26.0 Å². The molecule has 0 aliphatic carbocycles. The Balaban J connectivity index is 2.30. The quantitative estimate of drug-likeness (QED) is 0.588. The molecule has 1 aliphatic heterocycles. The summed E-state index contributed by atoms with van der Waals surface area (Å²) < 4.78 is 16.2. The highest BCUT2D eigenvalue weighted by atomic mass is 16.7. The largest absolute Gasteiger partial charge is 0.454 e. The van der Waals surface area contributed by atoms with Crippen LogP contribution in [0.4, 0.5) is 0 Å². The third-order valence-corrected chi connectivity index (χ3v) is 3.33. The average Bonchev–Trinajstić information content (AvgIpc) is 2.93. The Kier molecular flexibility index (Phi) is 5.07. The lowest BCUT2D eigenvalue weighted by Gasteiger charge is -2.19. The predicted octanol–water partition coefficient (Wildman–Crippen LogP) is 3.92. The van der Waals surface area contributed by atoms with E-state index in [-0.39, 0.29) is 12.8 Å². The Labute approximate surface area is 125 Å². The summed E-state index contributed by atoms with van der Waals surface area (Å²) in [7, 11) is 0. The zero-order valence-corrected chi connectivity index (χ0v) is 12.5. The minimum absolute atomic E-state index is 0.219. The molecule has 0 bridgehead atoms. The number of rotatable bonds is 6. The first kappa shape index (κ1) is 15.2. The predicted molar refractivity (Wildman–Crippen MR) is 79.3 cm³/mol. The molecule has 0 spiro atoms. The van der Waals surface area contributed by atoms with Gasteiger partial charge in [-0.25, -0.2) is 0 Å². The monoisotopic (exact) mass is 288 g/mol. The molecule has 21 heavy (non-hydrogen) atoms. The van der Waals surface area contributed by atoms with Crippen molar-refractivity contribution in [3.05, 3.63) is 41.6 Å².